The van der Waals surface area contributed by atoms with Crippen LogP contribution in [-0.4, -0.2) is 38.2 Å². The average Bonchev–Trinajstić information content (AvgIpc) is 2.46. The lowest BCUT2D eigenvalue weighted by molar-refractivity contribution is 0.308. The number of nitrogens with zero attached hydrogens (tertiary/aromatic N) is 1. The molecule has 3 nitrogen and oxygen atoms in total. The van der Waals surface area contributed by atoms with E-state index in [1.54, 1.807) is 0 Å². The van der Waals surface area contributed by atoms with Crippen LogP contribution in [-0.2, 0) is 6.54 Å². The zero-order chi connectivity index (χ0) is 14.6. The van der Waals surface area contributed by atoms with Crippen LogP contribution in [0.2, 0.25) is 0 Å². The Morgan fingerprint density at radius 2 is 1.80 bits per heavy atom. The van der Waals surface area contributed by atoms with Crippen LogP contribution < -0.4 is 10.1 Å². The molecule has 0 radical (unpaired) electrons. The van der Waals surface area contributed by atoms with Crippen molar-refractivity contribution in [1.82, 2.24) is 10.2 Å². The van der Waals surface area contributed by atoms with Crippen LogP contribution in [0.5, 0.6) is 5.75 Å². The molecule has 0 aliphatic carbocycles. The van der Waals surface area contributed by atoms with Crippen LogP contribution in [0.1, 0.15) is 38.7 Å². The molecule has 0 bridgehead atoms. The summed E-state index contributed by atoms with van der Waals surface area (Å²) in [6.07, 6.45) is 3.49. The highest BCUT2D eigenvalue weighted by Gasteiger charge is 2.01. The van der Waals surface area contributed by atoms with Gasteiger partial charge in [-0.2, -0.15) is 0 Å². The first kappa shape index (κ1) is 17.0. The van der Waals surface area contributed by atoms with Gasteiger partial charge in [0.1, 0.15) is 5.75 Å². The third kappa shape index (κ3) is 7.51. The summed E-state index contributed by atoms with van der Waals surface area (Å²) in [6, 6.07) is 8.48. The Morgan fingerprint density at radius 1 is 1.05 bits per heavy atom. The maximum absolute atomic E-state index is 5.67. The molecule has 3 heteroatoms. The van der Waals surface area contributed by atoms with E-state index in [9.17, 15) is 0 Å². The number of benzene rings is 1. The number of nitrogens with one attached hydrogen (secondary N) is 1. The molecule has 0 saturated carbocycles. The molecule has 20 heavy (non-hydrogen) atoms. The van der Waals surface area contributed by atoms with E-state index < -0.39 is 0 Å². The van der Waals surface area contributed by atoms with Gasteiger partial charge in [0.15, 0.2) is 0 Å². The summed E-state index contributed by atoms with van der Waals surface area (Å²) in [7, 11) is 2.17. The molecule has 0 atom stereocenters. The first-order valence-corrected chi connectivity index (χ1v) is 7.87. The van der Waals surface area contributed by atoms with Crippen LogP contribution in [0.15, 0.2) is 24.3 Å². The monoisotopic (exact) mass is 278 g/mol. The van der Waals surface area contributed by atoms with Crippen molar-refractivity contribution in [2.24, 2.45) is 0 Å². The predicted octanol–water partition coefficient (Wildman–Crippen LogP) is 3.30. The summed E-state index contributed by atoms with van der Waals surface area (Å²) in [4.78, 5) is 2.34. The average molecular weight is 278 g/mol. The highest BCUT2D eigenvalue weighted by Crippen LogP contribution is 2.13. The van der Waals surface area contributed by atoms with Gasteiger partial charge in [-0.15, -0.1) is 0 Å². The number of hydrogen-bond donors (Lipinski definition) is 1. The van der Waals surface area contributed by atoms with Crippen molar-refractivity contribution in [1.29, 1.82) is 0 Å². The van der Waals surface area contributed by atoms with Crippen LogP contribution >= 0.6 is 0 Å². The second kappa shape index (κ2) is 10.7. The summed E-state index contributed by atoms with van der Waals surface area (Å²) in [5.74, 6) is 0.981. The summed E-state index contributed by atoms with van der Waals surface area (Å²) in [6.45, 7) is 9.43. The number of rotatable bonds is 11. The van der Waals surface area contributed by atoms with Gasteiger partial charge in [-0.1, -0.05) is 32.4 Å². The van der Waals surface area contributed by atoms with Crippen molar-refractivity contribution < 1.29 is 4.74 Å². The first-order valence-electron chi connectivity index (χ1n) is 7.87. The Hall–Kier alpha value is -1.06. The Balaban J connectivity index is 2.26. The third-order valence-electron chi connectivity index (χ3n) is 3.24. The molecular weight excluding hydrogens is 248 g/mol. The molecule has 1 rings (SSSR count). The van der Waals surface area contributed by atoms with Gasteiger partial charge in [0.25, 0.3) is 0 Å². The SMILES string of the molecule is CCCCOc1ccc(CN(C)CCNCCC)cc1. The van der Waals surface area contributed by atoms with E-state index in [0.29, 0.717) is 0 Å². The molecule has 0 aromatic heterocycles. The molecule has 1 N–H and O–H groups in total. The summed E-state index contributed by atoms with van der Waals surface area (Å²) >= 11 is 0. The standard InChI is InChI=1S/C17H30N2O/c1-4-6-14-20-17-9-7-16(8-10-17)15-19(3)13-12-18-11-5-2/h7-10,18H,4-6,11-15H2,1-3H3. The largest absolute Gasteiger partial charge is 0.494 e. The normalized spacial score (nSPS) is 11.0. The fraction of sp³-hybridized carbons (Fsp3) is 0.647. The molecule has 114 valence electrons. The van der Waals surface area contributed by atoms with Crippen molar-refractivity contribution in [3.05, 3.63) is 29.8 Å². The van der Waals surface area contributed by atoms with Gasteiger partial charge in [-0.25, -0.2) is 0 Å². The third-order valence-corrected chi connectivity index (χ3v) is 3.24. The second-order valence-corrected chi connectivity index (χ2v) is 5.33. The zero-order valence-electron chi connectivity index (χ0n) is 13.3. The molecule has 0 spiro atoms. The molecule has 0 aliphatic rings. The Labute approximate surface area is 124 Å². The second-order valence-electron chi connectivity index (χ2n) is 5.33. The van der Waals surface area contributed by atoms with E-state index in [1.165, 1.54) is 18.4 Å². The van der Waals surface area contributed by atoms with E-state index in [1.807, 2.05) is 0 Å². The summed E-state index contributed by atoms with van der Waals surface area (Å²) in [5.41, 5.74) is 1.34. The fourth-order valence-corrected chi connectivity index (χ4v) is 1.99. The minimum Gasteiger partial charge on any atom is -0.494 e. The maximum Gasteiger partial charge on any atom is 0.119 e. The van der Waals surface area contributed by atoms with Crippen molar-refractivity contribution in [3.8, 4) is 5.75 Å². The summed E-state index contributed by atoms with van der Waals surface area (Å²) in [5, 5.41) is 3.43. The van der Waals surface area contributed by atoms with Gasteiger partial charge >= 0.3 is 0 Å². The first-order chi connectivity index (χ1) is 9.76. The molecule has 0 amide bonds. The van der Waals surface area contributed by atoms with Crippen molar-refractivity contribution in [2.75, 3.05) is 33.3 Å². The molecule has 0 fully saturated rings. The van der Waals surface area contributed by atoms with Gasteiger partial charge in [0.2, 0.25) is 0 Å². The highest BCUT2D eigenvalue weighted by atomic mass is 16.5. The Bertz CT molecular complexity index is 337. The Kier molecular flexibility index (Phi) is 9.09. The fourth-order valence-electron chi connectivity index (χ4n) is 1.99. The van der Waals surface area contributed by atoms with Crippen molar-refractivity contribution >= 4 is 0 Å². The van der Waals surface area contributed by atoms with E-state index in [-0.39, 0.29) is 0 Å². The van der Waals surface area contributed by atoms with Gasteiger partial charge in [-0.05, 0) is 44.1 Å². The van der Waals surface area contributed by atoms with Crippen LogP contribution in [0.25, 0.3) is 0 Å². The minimum atomic E-state index is 0.818. The highest BCUT2D eigenvalue weighted by molar-refractivity contribution is 5.27. The van der Waals surface area contributed by atoms with E-state index in [4.69, 9.17) is 4.74 Å². The van der Waals surface area contributed by atoms with Crippen LogP contribution in [0, 0.1) is 0 Å². The van der Waals surface area contributed by atoms with E-state index in [0.717, 1.165) is 45.0 Å². The molecule has 0 aliphatic heterocycles. The maximum atomic E-state index is 5.67. The number of likely N-dealkylation sites (N-methyl/N-ethyl adjacent to an activating group) is 1. The molecular formula is C17H30N2O. The molecule has 0 saturated heterocycles. The number of hydrogen-bond acceptors (Lipinski definition) is 3. The lowest BCUT2D eigenvalue weighted by Gasteiger charge is -2.17. The lowest BCUT2D eigenvalue weighted by atomic mass is 10.2. The van der Waals surface area contributed by atoms with Crippen molar-refractivity contribution in [2.45, 2.75) is 39.7 Å². The molecule has 1 aromatic carbocycles. The molecule has 0 unspecified atom stereocenters. The molecule has 1 aromatic rings. The van der Waals surface area contributed by atoms with Crippen LogP contribution in [0.3, 0.4) is 0 Å². The predicted molar refractivity (Wildman–Crippen MR) is 86.3 cm³/mol. The van der Waals surface area contributed by atoms with Gasteiger partial charge < -0.3 is 15.0 Å². The van der Waals surface area contributed by atoms with Crippen molar-refractivity contribution in [3.63, 3.8) is 0 Å². The smallest absolute Gasteiger partial charge is 0.119 e. The molecule has 0 heterocycles. The van der Waals surface area contributed by atoms with Gasteiger partial charge in [0.05, 0.1) is 6.61 Å². The van der Waals surface area contributed by atoms with Crippen LogP contribution in [0.4, 0.5) is 0 Å². The minimum absolute atomic E-state index is 0.818. The quantitative estimate of drug-likeness (QED) is 0.629. The number of ether oxygens (including phenoxy) is 1. The topological polar surface area (TPSA) is 24.5 Å². The van der Waals surface area contributed by atoms with Gasteiger partial charge in [0, 0.05) is 19.6 Å². The van der Waals surface area contributed by atoms with Gasteiger partial charge in [-0.3, -0.25) is 0 Å². The summed E-state index contributed by atoms with van der Waals surface area (Å²) < 4.78 is 5.67. The zero-order valence-corrected chi connectivity index (χ0v) is 13.3. The van der Waals surface area contributed by atoms with E-state index in [2.05, 4.69) is 55.4 Å². The lowest BCUT2D eigenvalue weighted by Crippen LogP contribution is -2.29. The Morgan fingerprint density at radius 3 is 2.45 bits per heavy atom. The van der Waals surface area contributed by atoms with E-state index >= 15 is 0 Å². The number of unbranched alkanes of at least 4 members (excludes halogenated alkanes) is 1.